The van der Waals surface area contributed by atoms with Gasteiger partial charge in [0.05, 0.1) is 12.1 Å². The Hall–Kier alpha value is -2.57. The molecule has 7 nitrogen and oxygen atoms in total. The van der Waals surface area contributed by atoms with Crippen molar-refractivity contribution in [2.75, 3.05) is 18.4 Å². The fourth-order valence-corrected chi connectivity index (χ4v) is 4.01. The third-order valence-electron chi connectivity index (χ3n) is 5.49. The molecule has 0 radical (unpaired) electrons. The summed E-state index contributed by atoms with van der Waals surface area (Å²) < 4.78 is 11.0. The van der Waals surface area contributed by atoms with Crippen LogP contribution in [0.5, 0.6) is 0 Å². The first-order valence-corrected chi connectivity index (χ1v) is 9.98. The van der Waals surface area contributed by atoms with Gasteiger partial charge in [-0.1, -0.05) is 5.16 Å². The predicted molar refractivity (Wildman–Crippen MR) is 105 cm³/mol. The molecule has 150 valence electrons. The molecule has 1 aromatic heterocycles. The van der Waals surface area contributed by atoms with Gasteiger partial charge in [-0.2, -0.15) is 0 Å². The monoisotopic (exact) mass is 385 g/mol. The zero-order valence-corrected chi connectivity index (χ0v) is 16.7. The van der Waals surface area contributed by atoms with Crippen molar-refractivity contribution in [3.8, 4) is 0 Å². The summed E-state index contributed by atoms with van der Waals surface area (Å²) in [4.78, 5) is 25.6. The highest BCUT2D eigenvalue weighted by Gasteiger charge is 2.28. The van der Waals surface area contributed by atoms with Crippen LogP contribution in [0.25, 0.3) is 11.0 Å². The van der Waals surface area contributed by atoms with Crippen LogP contribution in [0.2, 0.25) is 0 Å². The highest BCUT2D eigenvalue weighted by Crippen LogP contribution is 2.33. The lowest BCUT2D eigenvalue weighted by atomic mass is 9.91. The number of anilines is 1. The van der Waals surface area contributed by atoms with Gasteiger partial charge in [0.15, 0.2) is 5.58 Å². The topological polar surface area (TPSA) is 84.7 Å². The van der Waals surface area contributed by atoms with E-state index >= 15 is 0 Å². The first-order valence-electron chi connectivity index (χ1n) is 9.98. The second-order valence-corrected chi connectivity index (χ2v) is 8.77. The van der Waals surface area contributed by atoms with Gasteiger partial charge in [-0.15, -0.1) is 0 Å². The number of benzene rings is 1. The number of nitrogens with one attached hydrogen (secondary N) is 1. The molecular weight excluding hydrogens is 358 g/mol. The molecule has 2 aliphatic rings. The average Bonchev–Trinajstić information content (AvgIpc) is 3.21. The van der Waals surface area contributed by atoms with Crippen LogP contribution in [-0.4, -0.2) is 40.7 Å². The zero-order valence-electron chi connectivity index (χ0n) is 16.7. The number of hydrogen-bond donors (Lipinski definition) is 1. The van der Waals surface area contributed by atoms with Crippen LogP contribution >= 0.6 is 0 Å². The van der Waals surface area contributed by atoms with Crippen LogP contribution in [-0.2, 0) is 22.4 Å². The van der Waals surface area contributed by atoms with Gasteiger partial charge in [-0.3, -0.25) is 4.79 Å². The third kappa shape index (κ3) is 3.84. The number of amides is 2. The van der Waals surface area contributed by atoms with Crippen molar-refractivity contribution in [1.82, 2.24) is 10.1 Å². The molecule has 1 N–H and O–H groups in total. The van der Waals surface area contributed by atoms with Crippen molar-refractivity contribution in [1.29, 1.82) is 0 Å². The Morgan fingerprint density at radius 1 is 1.32 bits per heavy atom. The van der Waals surface area contributed by atoms with Gasteiger partial charge in [0.2, 0.25) is 5.91 Å². The van der Waals surface area contributed by atoms with Gasteiger partial charge in [0.25, 0.3) is 0 Å². The van der Waals surface area contributed by atoms with E-state index in [1.54, 1.807) is 4.90 Å². The van der Waals surface area contributed by atoms with Crippen molar-refractivity contribution in [3.05, 3.63) is 23.4 Å². The molecule has 7 heteroatoms. The lowest BCUT2D eigenvalue weighted by Gasteiger charge is -2.33. The molecule has 1 aromatic carbocycles. The van der Waals surface area contributed by atoms with E-state index in [0.29, 0.717) is 12.3 Å². The smallest absolute Gasteiger partial charge is 0.410 e. The normalized spacial score (nSPS) is 17.7. The third-order valence-corrected chi connectivity index (χ3v) is 5.49. The Morgan fingerprint density at radius 3 is 2.79 bits per heavy atom. The second kappa shape index (κ2) is 7.11. The maximum absolute atomic E-state index is 12.2. The summed E-state index contributed by atoms with van der Waals surface area (Å²) in [5, 5.41) is 8.11. The van der Waals surface area contributed by atoms with Crippen LogP contribution in [0.3, 0.4) is 0 Å². The van der Waals surface area contributed by atoms with E-state index in [4.69, 9.17) is 9.26 Å². The van der Waals surface area contributed by atoms with Crippen molar-refractivity contribution in [2.45, 2.75) is 58.5 Å². The summed E-state index contributed by atoms with van der Waals surface area (Å²) in [6.45, 7) is 7.14. The molecule has 3 heterocycles. The lowest BCUT2D eigenvalue weighted by Crippen LogP contribution is -2.41. The van der Waals surface area contributed by atoms with E-state index in [-0.39, 0.29) is 12.0 Å². The molecule has 0 atom stereocenters. The Labute approximate surface area is 164 Å². The summed E-state index contributed by atoms with van der Waals surface area (Å²) in [6.07, 6.45) is 3.93. The first kappa shape index (κ1) is 18.8. The average molecular weight is 385 g/mol. The fourth-order valence-electron chi connectivity index (χ4n) is 4.01. The molecule has 1 fully saturated rings. The standard InChI is InChI=1S/C21H27N3O4/c1-21(2,3)27-20(26)24-10-8-13(9-11-24)4-6-17-14-5-7-16-15(12-18(25)22-16)19(14)28-23-17/h5,7,13H,4,6,8-12H2,1-3H3,(H,22,25). The number of likely N-dealkylation sites (tertiary alicyclic amines) is 1. The molecule has 28 heavy (non-hydrogen) atoms. The summed E-state index contributed by atoms with van der Waals surface area (Å²) in [5.41, 5.74) is 2.96. The molecule has 2 aliphatic heterocycles. The first-order chi connectivity index (χ1) is 13.3. The molecular formula is C21H27N3O4. The largest absolute Gasteiger partial charge is 0.444 e. The fraction of sp³-hybridized carbons (Fsp3) is 0.571. The van der Waals surface area contributed by atoms with E-state index in [0.717, 1.165) is 66.7 Å². The van der Waals surface area contributed by atoms with E-state index in [1.807, 2.05) is 32.9 Å². The number of rotatable bonds is 3. The number of carbonyl (C=O) groups is 2. The van der Waals surface area contributed by atoms with Crippen LogP contribution in [0.15, 0.2) is 16.7 Å². The predicted octanol–water partition coefficient (Wildman–Crippen LogP) is 3.90. The Kier molecular flexibility index (Phi) is 4.77. The number of nitrogens with zero attached hydrogens (tertiary/aromatic N) is 2. The van der Waals surface area contributed by atoms with Gasteiger partial charge < -0.3 is 19.5 Å². The SMILES string of the molecule is CC(C)(C)OC(=O)N1CCC(CCc2noc3c4c(ccc23)NC(=O)C4)CC1. The van der Waals surface area contributed by atoms with Gasteiger partial charge in [-0.25, -0.2) is 4.79 Å². The number of ether oxygens (including phenoxy) is 1. The van der Waals surface area contributed by atoms with Crippen molar-refractivity contribution < 1.29 is 18.8 Å². The number of fused-ring (bicyclic) bond motifs is 3. The minimum absolute atomic E-state index is 0.00260. The van der Waals surface area contributed by atoms with Gasteiger partial charge in [0, 0.05) is 29.7 Å². The number of piperidine rings is 1. The van der Waals surface area contributed by atoms with E-state index < -0.39 is 5.60 Å². The number of aromatic nitrogens is 1. The van der Waals surface area contributed by atoms with Gasteiger partial charge in [-0.05, 0) is 64.5 Å². The van der Waals surface area contributed by atoms with E-state index in [2.05, 4.69) is 10.5 Å². The molecule has 0 aliphatic carbocycles. The lowest BCUT2D eigenvalue weighted by molar-refractivity contribution is -0.115. The summed E-state index contributed by atoms with van der Waals surface area (Å²) in [7, 11) is 0. The zero-order chi connectivity index (χ0) is 19.9. The summed E-state index contributed by atoms with van der Waals surface area (Å²) >= 11 is 0. The highest BCUT2D eigenvalue weighted by atomic mass is 16.6. The van der Waals surface area contributed by atoms with Crippen LogP contribution in [0, 0.1) is 5.92 Å². The Bertz CT molecular complexity index is 904. The number of aryl methyl sites for hydroxylation is 1. The molecule has 0 saturated carbocycles. The Balaban J connectivity index is 1.33. The van der Waals surface area contributed by atoms with Crippen LogP contribution in [0.1, 0.15) is 51.3 Å². The minimum Gasteiger partial charge on any atom is -0.444 e. The van der Waals surface area contributed by atoms with Gasteiger partial charge in [0.1, 0.15) is 5.60 Å². The molecule has 1 saturated heterocycles. The van der Waals surface area contributed by atoms with E-state index in [9.17, 15) is 9.59 Å². The maximum atomic E-state index is 12.2. The minimum atomic E-state index is -0.456. The highest BCUT2D eigenvalue weighted by molar-refractivity contribution is 6.04. The summed E-state index contributed by atoms with van der Waals surface area (Å²) in [5.74, 6) is 0.556. The van der Waals surface area contributed by atoms with E-state index in [1.165, 1.54) is 0 Å². The van der Waals surface area contributed by atoms with Crippen LogP contribution in [0.4, 0.5) is 10.5 Å². The molecule has 0 spiro atoms. The molecule has 2 amide bonds. The molecule has 2 aromatic rings. The molecule has 4 rings (SSSR count). The van der Waals surface area contributed by atoms with Crippen molar-refractivity contribution in [3.63, 3.8) is 0 Å². The van der Waals surface area contributed by atoms with Gasteiger partial charge >= 0.3 is 6.09 Å². The Morgan fingerprint density at radius 2 is 2.07 bits per heavy atom. The molecule has 0 unspecified atom stereocenters. The number of carbonyl (C=O) groups excluding carboxylic acids is 2. The molecule has 0 bridgehead atoms. The maximum Gasteiger partial charge on any atom is 0.410 e. The van der Waals surface area contributed by atoms with Crippen LogP contribution < -0.4 is 5.32 Å². The second-order valence-electron chi connectivity index (χ2n) is 8.77. The summed E-state index contributed by atoms with van der Waals surface area (Å²) in [6, 6.07) is 3.92. The van der Waals surface area contributed by atoms with Crippen molar-refractivity contribution >= 4 is 28.7 Å². The van der Waals surface area contributed by atoms with Crippen molar-refractivity contribution in [2.24, 2.45) is 5.92 Å². The number of hydrogen-bond acceptors (Lipinski definition) is 5. The quantitative estimate of drug-likeness (QED) is 0.866.